The molecule has 3 heterocycles. The molecule has 0 bridgehead atoms. The number of fused-ring (bicyclic) bond motifs is 1. The minimum atomic E-state index is -0.113. The van der Waals surface area contributed by atoms with Crippen LogP contribution in [0.4, 0.5) is 0 Å². The highest BCUT2D eigenvalue weighted by Gasteiger charge is 2.19. The zero-order chi connectivity index (χ0) is 21.6. The number of hydrogen-bond donors (Lipinski definition) is 0. The maximum atomic E-state index is 13.0. The van der Waals surface area contributed by atoms with E-state index in [-0.39, 0.29) is 17.1 Å². The van der Waals surface area contributed by atoms with Gasteiger partial charge in [0.25, 0.3) is 5.56 Å². The molecule has 1 aromatic carbocycles. The van der Waals surface area contributed by atoms with Crippen LogP contribution in [-0.4, -0.2) is 30.8 Å². The van der Waals surface area contributed by atoms with E-state index in [1.165, 1.54) is 16.3 Å². The van der Waals surface area contributed by atoms with Crippen LogP contribution in [0, 0.1) is 27.7 Å². The molecule has 8 heteroatoms. The molecule has 0 spiro atoms. The summed E-state index contributed by atoms with van der Waals surface area (Å²) in [4.78, 5) is 30.2. The number of carbonyl (C=O) groups is 1. The summed E-state index contributed by atoms with van der Waals surface area (Å²) in [5.41, 5.74) is 3.87. The van der Waals surface area contributed by atoms with E-state index < -0.39 is 0 Å². The first-order valence-electron chi connectivity index (χ1n) is 9.52. The Bertz CT molecular complexity index is 1350. The molecule has 0 radical (unpaired) electrons. The Labute approximate surface area is 177 Å². The Morgan fingerprint density at radius 1 is 1.13 bits per heavy atom. The monoisotopic (exact) mass is 422 g/mol. The van der Waals surface area contributed by atoms with Gasteiger partial charge in [0, 0.05) is 30.1 Å². The maximum absolute atomic E-state index is 13.0. The fourth-order valence-corrected chi connectivity index (χ4v) is 4.41. The fraction of sp³-hybridized carbons (Fsp3) is 0.273. The van der Waals surface area contributed by atoms with Crippen molar-refractivity contribution in [3.8, 4) is 5.82 Å². The quantitative estimate of drug-likeness (QED) is 0.275. The number of rotatable bonds is 5. The molecule has 0 saturated carbocycles. The standard InChI is InChI=1S/C22H22N4O3S/c1-12-6-7-18-17(8-12)21(28)25(5)22(23-18)30-11-19(27)16-9-13(2)26(15(16)4)20-10-14(3)29-24-20/h6-10H,11H2,1-5H3. The molecule has 7 nitrogen and oxygen atoms in total. The summed E-state index contributed by atoms with van der Waals surface area (Å²) in [5, 5.41) is 5.16. The number of thioether (sulfide) groups is 1. The average molecular weight is 423 g/mol. The van der Waals surface area contributed by atoms with Gasteiger partial charge in [0.15, 0.2) is 16.8 Å². The Hall–Kier alpha value is -3.13. The van der Waals surface area contributed by atoms with Crippen molar-refractivity contribution in [2.24, 2.45) is 7.05 Å². The van der Waals surface area contributed by atoms with Gasteiger partial charge in [-0.1, -0.05) is 28.5 Å². The fourth-order valence-electron chi connectivity index (χ4n) is 3.56. The molecule has 0 amide bonds. The lowest BCUT2D eigenvalue weighted by Crippen LogP contribution is -2.20. The third-order valence-electron chi connectivity index (χ3n) is 5.10. The van der Waals surface area contributed by atoms with E-state index in [4.69, 9.17) is 4.52 Å². The molecule has 0 saturated heterocycles. The second kappa shape index (κ2) is 7.60. The summed E-state index contributed by atoms with van der Waals surface area (Å²) in [7, 11) is 1.68. The van der Waals surface area contributed by atoms with Gasteiger partial charge in [0.1, 0.15) is 5.76 Å². The van der Waals surface area contributed by atoms with E-state index in [9.17, 15) is 9.59 Å². The summed E-state index contributed by atoms with van der Waals surface area (Å²) in [6, 6.07) is 9.29. The first-order valence-corrected chi connectivity index (χ1v) is 10.5. The van der Waals surface area contributed by atoms with Crippen molar-refractivity contribution >= 4 is 28.4 Å². The molecule has 0 N–H and O–H groups in total. The lowest BCUT2D eigenvalue weighted by Gasteiger charge is -2.09. The summed E-state index contributed by atoms with van der Waals surface area (Å²) >= 11 is 1.27. The highest BCUT2D eigenvalue weighted by atomic mass is 32.2. The number of Topliss-reactive ketones (excluding diaryl/α,β-unsaturated/α-hetero) is 1. The van der Waals surface area contributed by atoms with Crippen LogP contribution in [0.3, 0.4) is 0 Å². The van der Waals surface area contributed by atoms with Gasteiger partial charge in [-0.05, 0) is 45.9 Å². The van der Waals surface area contributed by atoms with Crippen LogP contribution in [0.1, 0.15) is 33.1 Å². The number of ketones is 1. The van der Waals surface area contributed by atoms with Crippen LogP contribution in [-0.2, 0) is 7.05 Å². The molecular weight excluding hydrogens is 400 g/mol. The minimum Gasteiger partial charge on any atom is -0.360 e. The molecular formula is C22H22N4O3S. The predicted molar refractivity (Wildman–Crippen MR) is 117 cm³/mol. The van der Waals surface area contributed by atoms with Crippen molar-refractivity contribution in [1.82, 2.24) is 19.3 Å². The van der Waals surface area contributed by atoms with Crippen molar-refractivity contribution < 1.29 is 9.32 Å². The number of benzene rings is 1. The number of aromatic nitrogens is 4. The van der Waals surface area contributed by atoms with E-state index >= 15 is 0 Å². The SMILES string of the molecule is Cc1ccc2nc(SCC(=O)c3cc(C)n(-c4cc(C)on4)c3C)n(C)c(=O)c2c1. The van der Waals surface area contributed by atoms with Crippen molar-refractivity contribution in [3.63, 3.8) is 0 Å². The molecule has 0 fully saturated rings. The first-order chi connectivity index (χ1) is 14.3. The minimum absolute atomic E-state index is 0.0298. The maximum Gasteiger partial charge on any atom is 0.261 e. The van der Waals surface area contributed by atoms with E-state index in [2.05, 4.69) is 10.1 Å². The second-order valence-corrected chi connectivity index (χ2v) is 8.35. The van der Waals surface area contributed by atoms with Crippen molar-refractivity contribution in [3.05, 3.63) is 69.0 Å². The van der Waals surface area contributed by atoms with Gasteiger partial charge in [-0.25, -0.2) is 4.98 Å². The normalized spacial score (nSPS) is 11.4. The highest BCUT2D eigenvalue weighted by Crippen LogP contribution is 2.24. The molecule has 3 aromatic heterocycles. The molecule has 4 rings (SSSR count). The molecule has 154 valence electrons. The molecule has 0 aliphatic heterocycles. The number of aryl methyl sites for hydroxylation is 3. The zero-order valence-corrected chi connectivity index (χ0v) is 18.3. The summed E-state index contributed by atoms with van der Waals surface area (Å²) < 4.78 is 8.58. The van der Waals surface area contributed by atoms with Crippen LogP contribution in [0.15, 0.2) is 44.8 Å². The topological polar surface area (TPSA) is 82.9 Å². The lowest BCUT2D eigenvalue weighted by atomic mass is 10.2. The van der Waals surface area contributed by atoms with Gasteiger partial charge in [0.2, 0.25) is 0 Å². The molecule has 30 heavy (non-hydrogen) atoms. The van der Waals surface area contributed by atoms with Gasteiger partial charge in [0.05, 0.1) is 16.7 Å². The third-order valence-corrected chi connectivity index (χ3v) is 6.13. The van der Waals surface area contributed by atoms with Crippen LogP contribution >= 0.6 is 11.8 Å². The molecule has 0 aliphatic rings. The number of hydrogen-bond acceptors (Lipinski definition) is 6. The van der Waals surface area contributed by atoms with E-state index in [0.717, 1.165) is 17.0 Å². The van der Waals surface area contributed by atoms with Crippen molar-refractivity contribution in [2.75, 3.05) is 5.75 Å². The van der Waals surface area contributed by atoms with E-state index in [1.807, 2.05) is 62.6 Å². The van der Waals surface area contributed by atoms with Crippen molar-refractivity contribution in [2.45, 2.75) is 32.9 Å². The Kier molecular flexibility index (Phi) is 5.11. The lowest BCUT2D eigenvalue weighted by molar-refractivity contribution is 0.102. The summed E-state index contributed by atoms with van der Waals surface area (Å²) in [6.45, 7) is 7.59. The molecule has 0 atom stereocenters. The van der Waals surface area contributed by atoms with Crippen LogP contribution < -0.4 is 5.56 Å². The highest BCUT2D eigenvalue weighted by molar-refractivity contribution is 7.99. The van der Waals surface area contributed by atoms with Gasteiger partial charge in [-0.15, -0.1) is 0 Å². The summed E-state index contributed by atoms with van der Waals surface area (Å²) in [5.74, 6) is 1.51. The molecule has 0 unspecified atom stereocenters. The van der Waals surface area contributed by atoms with E-state index in [1.54, 1.807) is 7.05 Å². The third kappa shape index (κ3) is 3.47. The Balaban J connectivity index is 1.61. The van der Waals surface area contributed by atoms with Crippen LogP contribution in [0.25, 0.3) is 16.7 Å². The predicted octanol–water partition coefficient (Wildman–Crippen LogP) is 3.92. The molecule has 4 aromatic rings. The second-order valence-electron chi connectivity index (χ2n) is 7.41. The first kappa shape index (κ1) is 20.2. The number of nitrogens with zero attached hydrogens (tertiary/aromatic N) is 4. The van der Waals surface area contributed by atoms with Crippen LogP contribution in [0.2, 0.25) is 0 Å². The summed E-state index contributed by atoms with van der Waals surface area (Å²) in [6.07, 6.45) is 0. The largest absolute Gasteiger partial charge is 0.360 e. The smallest absolute Gasteiger partial charge is 0.261 e. The zero-order valence-electron chi connectivity index (χ0n) is 17.5. The van der Waals surface area contributed by atoms with Gasteiger partial charge < -0.3 is 4.52 Å². The number of carbonyl (C=O) groups excluding carboxylic acids is 1. The van der Waals surface area contributed by atoms with Gasteiger partial charge in [-0.2, -0.15) is 0 Å². The van der Waals surface area contributed by atoms with Gasteiger partial charge in [-0.3, -0.25) is 18.7 Å². The average Bonchev–Trinajstić information content (AvgIpc) is 3.26. The van der Waals surface area contributed by atoms with E-state index in [0.29, 0.717) is 33.2 Å². The Morgan fingerprint density at radius 3 is 2.60 bits per heavy atom. The van der Waals surface area contributed by atoms with Crippen molar-refractivity contribution in [1.29, 1.82) is 0 Å². The van der Waals surface area contributed by atoms with Gasteiger partial charge >= 0.3 is 0 Å². The van der Waals surface area contributed by atoms with Crippen LogP contribution in [0.5, 0.6) is 0 Å². The molecule has 0 aliphatic carbocycles. The Morgan fingerprint density at radius 2 is 1.90 bits per heavy atom.